The number of carbonyl (C=O) groups is 1. The summed E-state index contributed by atoms with van der Waals surface area (Å²) >= 11 is 3.23. The van der Waals surface area contributed by atoms with Crippen molar-refractivity contribution < 1.29 is 19.4 Å². The summed E-state index contributed by atoms with van der Waals surface area (Å²) in [4.78, 5) is 11.3. The molecule has 5 nitrogen and oxygen atoms in total. The van der Waals surface area contributed by atoms with Gasteiger partial charge in [-0.25, -0.2) is 0 Å². The Morgan fingerprint density at radius 1 is 1.50 bits per heavy atom. The lowest BCUT2D eigenvalue weighted by Crippen LogP contribution is -2.22. The Hall–Kier alpha value is -1.27. The molecule has 0 bridgehead atoms. The number of hydrogen-bond donors (Lipinski definition) is 2. The Morgan fingerprint density at radius 3 is 2.62 bits per heavy atom. The maximum absolute atomic E-state index is 11.3. The topological polar surface area (TPSA) is 81.8 Å². The van der Waals surface area contributed by atoms with Gasteiger partial charge in [0.05, 0.1) is 14.2 Å². The number of hydrogen-bond acceptors (Lipinski definition) is 5. The van der Waals surface area contributed by atoms with Gasteiger partial charge < -0.3 is 20.3 Å². The average molecular weight is 290 g/mol. The first kappa shape index (κ1) is 12.8. The van der Waals surface area contributed by atoms with E-state index in [4.69, 9.17) is 10.5 Å². The van der Waals surface area contributed by atoms with Gasteiger partial charge in [0.2, 0.25) is 0 Å². The summed E-state index contributed by atoms with van der Waals surface area (Å²) in [6.45, 7) is 0. The number of esters is 1. The molecule has 1 aromatic carbocycles. The first-order valence-corrected chi connectivity index (χ1v) is 5.20. The molecule has 3 N–H and O–H groups in total. The minimum Gasteiger partial charge on any atom is -0.504 e. The van der Waals surface area contributed by atoms with Crippen molar-refractivity contribution in [3.8, 4) is 11.5 Å². The van der Waals surface area contributed by atoms with E-state index in [0.29, 0.717) is 4.47 Å². The highest BCUT2D eigenvalue weighted by Crippen LogP contribution is 2.36. The van der Waals surface area contributed by atoms with E-state index in [9.17, 15) is 9.90 Å². The van der Waals surface area contributed by atoms with E-state index in [2.05, 4.69) is 20.7 Å². The molecule has 6 heteroatoms. The molecule has 0 spiro atoms. The summed E-state index contributed by atoms with van der Waals surface area (Å²) < 4.78 is 10.1. The van der Waals surface area contributed by atoms with Gasteiger partial charge >= 0.3 is 5.97 Å². The molecule has 0 unspecified atom stereocenters. The minimum atomic E-state index is -1.05. The Bertz CT molecular complexity index is 408. The van der Waals surface area contributed by atoms with Crippen molar-refractivity contribution in [1.82, 2.24) is 0 Å². The van der Waals surface area contributed by atoms with Crippen molar-refractivity contribution in [1.29, 1.82) is 0 Å². The molecule has 0 aliphatic carbocycles. The largest absolute Gasteiger partial charge is 0.504 e. The van der Waals surface area contributed by atoms with Crippen LogP contribution in [0.25, 0.3) is 0 Å². The molecule has 0 radical (unpaired) electrons. The van der Waals surface area contributed by atoms with Gasteiger partial charge in [-0.15, -0.1) is 0 Å². The van der Waals surface area contributed by atoms with Crippen molar-refractivity contribution in [2.45, 2.75) is 6.04 Å². The second-order valence-corrected chi connectivity index (χ2v) is 3.96. The van der Waals surface area contributed by atoms with Crippen LogP contribution >= 0.6 is 15.9 Å². The van der Waals surface area contributed by atoms with Gasteiger partial charge in [0.25, 0.3) is 0 Å². The molecule has 0 fully saturated rings. The predicted octanol–water partition coefficient (Wildman–Crippen LogP) is 1.34. The molecule has 0 saturated heterocycles. The Balaban J connectivity index is 3.22. The third-order valence-corrected chi connectivity index (χ3v) is 2.54. The van der Waals surface area contributed by atoms with Gasteiger partial charge in [-0.05, 0) is 12.1 Å². The molecule has 0 aliphatic rings. The fourth-order valence-corrected chi connectivity index (χ4v) is 1.70. The van der Waals surface area contributed by atoms with E-state index in [0.717, 1.165) is 0 Å². The van der Waals surface area contributed by atoms with Crippen LogP contribution in [0.1, 0.15) is 11.6 Å². The number of nitrogens with two attached hydrogens (primary N) is 1. The smallest absolute Gasteiger partial charge is 0.327 e. The number of rotatable bonds is 3. The second kappa shape index (κ2) is 5.18. The quantitative estimate of drug-likeness (QED) is 0.821. The summed E-state index contributed by atoms with van der Waals surface area (Å²) in [5, 5.41) is 9.79. The van der Waals surface area contributed by atoms with Crippen LogP contribution < -0.4 is 10.5 Å². The molecule has 0 aromatic heterocycles. The summed E-state index contributed by atoms with van der Waals surface area (Å²) in [6, 6.07) is 2.07. The third kappa shape index (κ3) is 2.45. The van der Waals surface area contributed by atoms with Crippen LogP contribution in [-0.4, -0.2) is 25.3 Å². The number of methoxy groups -OCH3 is 2. The minimum absolute atomic E-state index is 0.163. The first-order chi connectivity index (χ1) is 7.51. The molecule has 1 aromatic rings. The number of aromatic hydroxyl groups is 1. The van der Waals surface area contributed by atoms with Crippen molar-refractivity contribution in [2.75, 3.05) is 14.2 Å². The third-order valence-electron chi connectivity index (χ3n) is 2.08. The van der Waals surface area contributed by atoms with Crippen molar-refractivity contribution in [3.05, 3.63) is 22.2 Å². The van der Waals surface area contributed by atoms with E-state index in [1.807, 2.05) is 0 Å². The van der Waals surface area contributed by atoms with Crippen LogP contribution in [-0.2, 0) is 9.53 Å². The van der Waals surface area contributed by atoms with E-state index in [-0.39, 0.29) is 17.1 Å². The summed E-state index contributed by atoms with van der Waals surface area (Å²) in [6.07, 6.45) is 0. The van der Waals surface area contributed by atoms with Gasteiger partial charge in [-0.1, -0.05) is 15.9 Å². The Kier molecular flexibility index (Phi) is 4.14. The maximum atomic E-state index is 11.3. The monoisotopic (exact) mass is 289 g/mol. The number of phenolic OH excluding ortho intramolecular Hbond substituents is 1. The highest BCUT2D eigenvalue weighted by Gasteiger charge is 2.22. The molecule has 88 valence electrons. The molecule has 0 saturated carbocycles. The van der Waals surface area contributed by atoms with Gasteiger partial charge in [-0.2, -0.15) is 0 Å². The fourth-order valence-electron chi connectivity index (χ4n) is 1.24. The zero-order valence-electron chi connectivity index (χ0n) is 8.86. The highest BCUT2D eigenvalue weighted by atomic mass is 79.9. The Morgan fingerprint density at radius 2 is 2.12 bits per heavy atom. The van der Waals surface area contributed by atoms with Crippen molar-refractivity contribution in [2.24, 2.45) is 5.73 Å². The van der Waals surface area contributed by atoms with E-state index in [1.165, 1.54) is 14.2 Å². The van der Waals surface area contributed by atoms with Gasteiger partial charge in [0, 0.05) is 10.0 Å². The zero-order chi connectivity index (χ0) is 12.3. The van der Waals surface area contributed by atoms with Crippen molar-refractivity contribution >= 4 is 21.9 Å². The van der Waals surface area contributed by atoms with E-state index in [1.54, 1.807) is 12.1 Å². The predicted molar refractivity (Wildman–Crippen MR) is 61.3 cm³/mol. The normalized spacial score (nSPS) is 12.0. The first-order valence-electron chi connectivity index (χ1n) is 4.41. The Labute approximate surface area is 101 Å². The number of phenols is 1. The van der Waals surface area contributed by atoms with Crippen LogP contribution in [0.2, 0.25) is 0 Å². The standard InChI is InChI=1S/C10H12BrNO4/c1-15-7-4-5(11)3-6(9(7)13)8(12)10(14)16-2/h3-4,8,13H,12H2,1-2H3/t8-/m1/s1. The number of benzene rings is 1. The molecule has 16 heavy (non-hydrogen) atoms. The van der Waals surface area contributed by atoms with Gasteiger partial charge in [0.15, 0.2) is 11.5 Å². The summed E-state index contributed by atoms with van der Waals surface area (Å²) in [7, 11) is 2.64. The SMILES string of the molecule is COC(=O)[C@H](N)c1cc(Br)cc(OC)c1O. The molecule has 0 aliphatic heterocycles. The van der Waals surface area contributed by atoms with Crippen LogP contribution in [0, 0.1) is 0 Å². The van der Waals surface area contributed by atoms with Crippen LogP contribution in [0.15, 0.2) is 16.6 Å². The number of carbonyl (C=O) groups excluding carboxylic acids is 1. The summed E-state index contributed by atoms with van der Waals surface area (Å²) in [5.41, 5.74) is 5.88. The lowest BCUT2D eigenvalue weighted by atomic mass is 10.1. The van der Waals surface area contributed by atoms with Gasteiger partial charge in [0.1, 0.15) is 6.04 Å². The molecule has 0 amide bonds. The van der Waals surface area contributed by atoms with Gasteiger partial charge in [-0.3, -0.25) is 4.79 Å². The van der Waals surface area contributed by atoms with Crippen LogP contribution in [0.3, 0.4) is 0 Å². The molecule has 1 atom stereocenters. The van der Waals surface area contributed by atoms with E-state index < -0.39 is 12.0 Å². The van der Waals surface area contributed by atoms with Crippen LogP contribution in [0.5, 0.6) is 11.5 Å². The van der Waals surface area contributed by atoms with E-state index >= 15 is 0 Å². The molecular formula is C10H12BrNO4. The lowest BCUT2D eigenvalue weighted by Gasteiger charge is -2.14. The molecule has 0 heterocycles. The number of halogens is 1. The average Bonchev–Trinajstić information content (AvgIpc) is 2.29. The number of ether oxygens (including phenoxy) is 2. The maximum Gasteiger partial charge on any atom is 0.327 e. The van der Waals surface area contributed by atoms with Crippen LogP contribution in [0.4, 0.5) is 0 Å². The summed E-state index contributed by atoms with van der Waals surface area (Å²) in [5.74, 6) is -0.553. The molecular weight excluding hydrogens is 278 g/mol. The molecule has 1 rings (SSSR count). The second-order valence-electron chi connectivity index (χ2n) is 3.05. The zero-order valence-corrected chi connectivity index (χ0v) is 10.4. The fraction of sp³-hybridized carbons (Fsp3) is 0.300. The lowest BCUT2D eigenvalue weighted by molar-refractivity contribution is -0.142. The highest BCUT2D eigenvalue weighted by molar-refractivity contribution is 9.10. The van der Waals surface area contributed by atoms with Crippen molar-refractivity contribution in [3.63, 3.8) is 0 Å².